The van der Waals surface area contributed by atoms with E-state index >= 15 is 0 Å². The summed E-state index contributed by atoms with van der Waals surface area (Å²) in [5.41, 5.74) is 2.03. The van der Waals surface area contributed by atoms with Crippen LogP contribution < -0.4 is 9.47 Å². The smallest absolute Gasteiger partial charge is 0.231 e. The van der Waals surface area contributed by atoms with Gasteiger partial charge in [-0.3, -0.25) is 9.78 Å². The molecule has 5 rings (SSSR count). The first-order valence-electron chi connectivity index (χ1n) is 9.98. The first-order valence-corrected chi connectivity index (χ1v) is 9.98. The maximum absolute atomic E-state index is 13.2. The van der Waals surface area contributed by atoms with Crippen LogP contribution in [0.25, 0.3) is 0 Å². The lowest BCUT2D eigenvalue weighted by Gasteiger charge is -2.29. The highest BCUT2D eigenvalue weighted by Crippen LogP contribution is 2.43. The summed E-state index contributed by atoms with van der Waals surface area (Å²) < 4.78 is 10.8. The van der Waals surface area contributed by atoms with Crippen LogP contribution in [0.1, 0.15) is 24.0 Å². The van der Waals surface area contributed by atoms with E-state index in [1.165, 1.54) is 12.8 Å². The van der Waals surface area contributed by atoms with Gasteiger partial charge in [0.05, 0.1) is 6.42 Å². The molecule has 1 fully saturated rings. The molecule has 2 aliphatic carbocycles. The summed E-state index contributed by atoms with van der Waals surface area (Å²) in [5, 5.41) is 0. The SMILES string of the molecule is O=C(Cc1ccc2c(c1)OCO2)N(Cc1cccnc1)C[C@@H]1C[C@@H]2C=C[C@H]1C2. The fourth-order valence-corrected chi connectivity index (χ4v) is 4.69. The van der Waals surface area contributed by atoms with Gasteiger partial charge < -0.3 is 14.4 Å². The van der Waals surface area contributed by atoms with Gasteiger partial charge in [-0.2, -0.15) is 0 Å². The van der Waals surface area contributed by atoms with Crippen LogP contribution >= 0.6 is 0 Å². The molecular formula is C23H24N2O3. The highest BCUT2D eigenvalue weighted by molar-refractivity contribution is 5.79. The summed E-state index contributed by atoms with van der Waals surface area (Å²) >= 11 is 0. The summed E-state index contributed by atoms with van der Waals surface area (Å²) in [6.07, 6.45) is 11.1. The molecule has 28 heavy (non-hydrogen) atoms. The summed E-state index contributed by atoms with van der Waals surface area (Å²) in [4.78, 5) is 19.5. The minimum atomic E-state index is 0.148. The summed E-state index contributed by atoms with van der Waals surface area (Å²) in [6, 6.07) is 9.72. The van der Waals surface area contributed by atoms with E-state index in [9.17, 15) is 4.79 Å². The number of carbonyl (C=O) groups is 1. The van der Waals surface area contributed by atoms with Gasteiger partial charge in [-0.15, -0.1) is 0 Å². The molecule has 3 aliphatic rings. The van der Waals surface area contributed by atoms with Crippen LogP contribution in [0.4, 0.5) is 0 Å². The van der Waals surface area contributed by atoms with Crippen molar-refractivity contribution in [3.05, 3.63) is 66.0 Å². The maximum atomic E-state index is 13.2. The van der Waals surface area contributed by atoms with Crippen molar-refractivity contribution in [2.75, 3.05) is 13.3 Å². The highest BCUT2D eigenvalue weighted by Gasteiger charge is 2.37. The molecule has 3 atom stereocenters. The number of rotatable bonds is 6. The molecule has 5 heteroatoms. The Kier molecular flexibility index (Phi) is 4.51. The fraction of sp³-hybridized carbons (Fsp3) is 0.391. The fourth-order valence-electron chi connectivity index (χ4n) is 4.69. The zero-order valence-electron chi connectivity index (χ0n) is 15.8. The molecule has 1 saturated carbocycles. The molecule has 0 saturated heterocycles. The third-order valence-electron chi connectivity index (χ3n) is 6.11. The number of hydrogen-bond donors (Lipinski definition) is 0. The number of allylic oxidation sites excluding steroid dienone is 2. The third kappa shape index (κ3) is 3.49. The molecule has 5 nitrogen and oxygen atoms in total. The Bertz CT molecular complexity index is 896. The number of amides is 1. The molecule has 0 unspecified atom stereocenters. The standard InChI is InChI=1S/C23H24N2O3/c26-23(11-17-4-6-21-22(10-17)28-15-27-21)25(13-18-2-1-7-24-12-18)14-20-9-16-3-5-19(20)8-16/h1-7,10,12,16,19-20H,8-9,11,13-15H2/t16-,19+,20+/m1/s1. The zero-order chi connectivity index (χ0) is 18.9. The van der Waals surface area contributed by atoms with Crippen molar-refractivity contribution in [2.45, 2.75) is 25.8 Å². The van der Waals surface area contributed by atoms with E-state index in [1.54, 1.807) is 6.20 Å². The quantitative estimate of drug-likeness (QED) is 0.723. The van der Waals surface area contributed by atoms with Gasteiger partial charge in [-0.05, 0) is 59.9 Å². The summed E-state index contributed by atoms with van der Waals surface area (Å²) in [5.74, 6) is 3.51. The Morgan fingerprint density at radius 2 is 2.04 bits per heavy atom. The Labute approximate surface area is 165 Å². The Morgan fingerprint density at radius 1 is 1.11 bits per heavy atom. The van der Waals surface area contributed by atoms with Crippen molar-refractivity contribution in [2.24, 2.45) is 17.8 Å². The number of pyridine rings is 1. The van der Waals surface area contributed by atoms with Gasteiger partial charge in [0.15, 0.2) is 11.5 Å². The summed E-state index contributed by atoms with van der Waals surface area (Å²) in [6.45, 7) is 1.66. The van der Waals surface area contributed by atoms with E-state index < -0.39 is 0 Å². The van der Waals surface area contributed by atoms with Gasteiger partial charge in [0.2, 0.25) is 12.7 Å². The van der Waals surface area contributed by atoms with Crippen molar-refractivity contribution in [3.8, 4) is 11.5 Å². The molecule has 1 amide bonds. The normalized spacial score (nSPS) is 23.9. The number of hydrogen-bond acceptors (Lipinski definition) is 4. The molecule has 144 valence electrons. The Balaban J connectivity index is 1.32. The van der Waals surface area contributed by atoms with Gasteiger partial charge >= 0.3 is 0 Å². The molecule has 1 aromatic carbocycles. The van der Waals surface area contributed by atoms with Gasteiger partial charge in [-0.25, -0.2) is 0 Å². The Hall–Kier alpha value is -2.82. The van der Waals surface area contributed by atoms with Gasteiger partial charge in [0.1, 0.15) is 0 Å². The molecule has 2 bridgehead atoms. The lowest BCUT2D eigenvalue weighted by molar-refractivity contribution is -0.131. The second kappa shape index (κ2) is 7.30. The predicted molar refractivity (Wildman–Crippen MR) is 105 cm³/mol. The van der Waals surface area contributed by atoms with Crippen molar-refractivity contribution in [3.63, 3.8) is 0 Å². The molecule has 1 aromatic heterocycles. The lowest BCUT2D eigenvalue weighted by atomic mass is 9.92. The molecule has 1 aliphatic heterocycles. The largest absolute Gasteiger partial charge is 0.454 e. The van der Waals surface area contributed by atoms with Crippen LogP contribution in [-0.2, 0) is 17.8 Å². The van der Waals surface area contributed by atoms with Crippen molar-refractivity contribution >= 4 is 5.91 Å². The van der Waals surface area contributed by atoms with Gasteiger partial charge in [0.25, 0.3) is 0 Å². The summed E-state index contributed by atoms with van der Waals surface area (Å²) in [7, 11) is 0. The van der Waals surface area contributed by atoms with E-state index in [1.807, 2.05) is 41.4 Å². The van der Waals surface area contributed by atoms with Crippen LogP contribution in [0.5, 0.6) is 11.5 Å². The number of aromatic nitrogens is 1. The number of nitrogens with zero attached hydrogens (tertiary/aromatic N) is 2. The molecule has 2 heterocycles. The van der Waals surface area contributed by atoms with E-state index in [2.05, 4.69) is 17.1 Å². The minimum Gasteiger partial charge on any atom is -0.454 e. The molecular weight excluding hydrogens is 352 g/mol. The highest BCUT2D eigenvalue weighted by atomic mass is 16.7. The zero-order valence-corrected chi connectivity index (χ0v) is 15.8. The minimum absolute atomic E-state index is 0.148. The predicted octanol–water partition coefficient (Wildman–Crippen LogP) is 3.59. The topological polar surface area (TPSA) is 51.7 Å². The number of benzene rings is 1. The second-order valence-electron chi connectivity index (χ2n) is 8.04. The molecule has 0 N–H and O–H groups in total. The van der Waals surface area contributed by atoms with Crippen LogP contribution in [-0.4, -0.2) is 29.1 Å². The van der Waals surface area contributed by atoms with E-state index in [-0.39, 0.29) is 12.7 Å². The van der Waals surface area contributed by atoms with Crippen LogP contribution in [0, 0.1) is 17.8 Å². The van der Waals surface area contributed by atoms with Gasteiger partial charge in [0, 0.05) is 25.5 Å². The first kappa shape index (κ1) is 17.3. The van der Waals surface area contributed by atoms with Gasteiger partial charge in [-0.1, -0.05) is 24.3 Å². The monoisotopic (exact) mass is 376 g/mol. The second-order valence-corrected chi connectivity index (χ2v) is 8.04. The van der Waals surface area contributed by atoms with Crippen molar-refractivity contribution in [1.82, 2.24) is 9.88 Å². The molecule has 0 spiro atoms. The van der Waals surface area contributed by atoms with Crippen LogP contribution in [0.15, 0.2) is 54.9 Å². The van der Waals surface area contributed by atoms with E-state index in [4.69, 9.17) is 9.47 Å². The Morgan fingerprint density at radius 3 is 2.82 bits per heavy atom. The van der Waals surface area contributed by atoms with E-state index in [0.29, 0.717) is 30.7 Å². The number of ether oxygens (including phenoxy) is 2. The van der Waals surface area contributed by atoms with Crippen molar-refractivity contribution in [1.29, 1.82) is 0 Å². The third-order valence-corrected chi connectivity index (χ3v) is 6.11. The lowest BCUT2D eigenvalue weighted by Crippen LogP contribution is -2.37. The average molecular weight is 376 g/mol. The number of carbonyl (C=O) groups excluding carboxylic acids is 1. The molecule has 2 aromatic rings. The van der Waals surface area contributed by atoms with Crippen LogP contribution in [0.2, 0.25) is 0 Å². The maximum Gasteiger partial charge on any atom is 0.231 e. The molecule has 0 radical (unpaired) electrons. The van der Waals surface area contributed by atoms with Crippen LogP contribution in [0.3, 0.4) is 0 Å². The van der Waals surface area contributed by atoms with E-state index in [0.717, 1.165) is 29.2 Å². The average Bonchev–Trinajstić information content (AvgIpc) is 3.45. The first-order chi connectivity index (χ1) is 13.7. The van der Waals surface area contributed by atoms with Crippen molar-refractivity contribution < 1.29 is 14.3 Å². The number of fused-ring (bicyclic) bond motifs is 3.